The van der Waals surface area contributed by atoms with E-state index >= 15 is 0 Å². The van der Waals surface area contributed by atoms with E-state index in [1.165, 1.54) is 19.3 Å². The third-order valence-electron chi connectivity index (χ3n) is 9.60. The van der Waals surface area contributed by atoms with Crippen LogP contribution in [-0.4, -0.2) is 56.2 Å². The molecule has 1 aliphatic heterocycles. The van der Waals surface area contributed by atoms with Crippen molar-refractivity contribution in [3.8, 4) is 22.3 Å². The van der Waals surface area contributed by atoms with Gasteiger partial charge in [-0.05, 0) is 47.7 Å². The average molecular weight is 796 g/mol. The fourth-order valence-electron chi connectivity index (χ4n) is 6.53. The Morgan fingerprint density at radius 2 is 1.17 bits per heavy atom. The summed E-state index contributed by atoms with van der Waals surface area (Å²) in [6.45, 7) is 9.37. The number of aromatic nitrogens is 2. The summed E-state index contributed by atoms with van der Waals surface area (Å²) in [7, 11) is 0. The topological polar surface area (TPSA) is 159 Å². The van der Waals surface area contributed by atoms with Crippen molar-refractivity contribution in [3.05, 3.63) is 145 Å². The van der Waals surface area contributed by atoms with Crippen molar-refractivity contribution >= 4 is 39.3 Å². The standard InChI is InChI=1S/C22H24N2O.C17H13NO2.C5H7NO2.C5H13N/c1-2-3-9-14-23-21(25)15-20-22(17-10-5-4-6-11-17)19-13-8-7-12-18(19)16-24-20;19-16(20)10-15-17(12-6-2-1-3-7-12)14-9-5-4-8-13(14)11-18-15;1-4-2-3-5(7)6(4)8;1-2-3-4-5-6/h4-8,10-13,16H,2-3,9,14-15H2,1H3,(H,23,25);1-9,11H,10H2,(H,19,20);8H,1-3H2;2-6H2,1H3. The van der Waals surface area contributed by atoms with Crippen LogP contribution in [0.5, 0.6) is 0 Å². The Morgan fingerprint density at radius 3 is 1.58 bits per heavy atom. The summed E-state index contributed by atoms with van der Waals surface area (Å²) in [5.74, 6) is -1.09. The molecule has 308 valence electrons. The van der Waals surface area contributed by atoms with Crippen LogP contribution in [0, 0.1) is 0 Å². The highest BCUT2D eigenvalue weighted by Gasteiger charge is 2.21. The summed E-state index contributed by atoms with van der Waals surface area (Å²) in [5, 5.41) is 25.6. The summed E-state index contributed by atoms with van der Waals surface area (Å²) in [6.07, 6.45) is 11.9. The SMILES string of the molecule is C=C1CCC(=O)N1O.CCCCCN.CCCCCNC(=O)Cc1ncc2ccccc2c1-c1ccccc1.O=C(O)Cc1ncc2ccccc2c1-c1ccccc1. The summed E-state index contributed by atoms with van der Waals surface area (Å²) in [6, 6.07) is 36.1. The molecule has 2 amide bonds. The van der Waals surface area contributed by atoms with Crippen molar-refractivity contribution in [2.45, 2.75) is 78.1 Å². The van der Waals surface area contributed by atoms with Gasteiger partial charge in [0.2, 0.25) is 5.91 Å². The number of carbonyl (C=O) groups excluding carboxylic acids is 2. The quantitative estimate of drug-likeness (QED) is 0.0664. The number of carbonyl (C=O) groups is 3. The highest BCUT2D eigenvalue weighted by Crippen LogP contribution is 2.32. The minimum atomic E-state index is -0.870. The highest BCUT2D eigenvalue weighted by molar-refractivity contribution is 5.99. The molecule has 0 radical (unpaired) electrons. The molecule has 0 spiro atoms. The lowest BCUT2D eigenvalue weighted by molar-refractivity contribution is -0.151. The first-order valence-electron chi connectivity index (χ1n) is 20.4. The summed E-state index contributed by atoms with van der Waals surface area (Å²) < 4.78 is 0. The molecule has 1 aliphatic rings. The number of nitrogens with two attached hydrogens (primary N) is 1. The zero-order chi connectivity index (χ0) is 42.4. The molecule has 3 heterocycles. The first-order chi connectivity index (χ1) is 28.7. The van der Waals surface area contributed by atoms with Gasteiger partial charge in [-0.15, -0.1) is 0 Å². The summed E-state index contributed by atoms with van der Waals surface area (Å²) in [5.41, 5.74) is 11.2. The van der Waals surface area contributed by atoms with Crippen LogP contribution in [0.25, 0.3) is 43.8 Å². The monoisotopic (exact) mass is 795 g/mol. The zero-order valence-electron chi connectivity index (χ0n) is 34.3. The van der Waals surface area contributed by atoms with Gasteiger partial charge in [0.15, 0.2) is 0 Å². The van der Waals surface area contributed by atoms with E-state index in [4.69, 9.17) is 16.0 Å². The van der Waals surface area contributed by atoms with Crippen LogP contribution in [0.4, 0.5) is 0 Å². The van der Waals surface area contributed by atoms with E-state index in [1.807, 2.05) is 91.1 Å². The van der Waals surface area contributed by atoms with Gasteiger partial charge >= 0.3 is 5.97 Å². The van der Waals surface area contributed by atoms with Crippen LogP contribution in [-0.2, 0) is 27.2 Å². The number of rotatable bonds is 13. The maximum atomic E-state index is 12.3. The number of hydrogen-bond donors (Lipinski definition) is 4. The molecule has 59 heavy (non-hydrogen) atoms. The van der Waals surface area contributed by atoms with Gasteiger partial charge in [-0.25, -0.2) is 0 Å². The predicted molar refractivity (Wildman–Crippen MR) is 238 cm³/mol. The average Bonchev–Trinajstić information content (AvgIpc) is 3.55. The molecule has 10 heteroatoms. The Morgan fingerprint density at radius 1 is 0.695 bits per heavy atom. The van der Waals surface area contributed by atoms with Crippen molar-refractivity contribution in [2.24, 2.45) is 5.73 Å². The predicted octanol–water partition coefficient (Wildman–Crippen LogP) is 9.93. The number of pyridine rings is 2. The lowest BCUT2D eigenvalue weighted by Crippen LogP contribution is -2.26. The van der Waals surface area contributed by atoms with Crippen molar-refractivity contribution in [1.82, 2.24) is 20.3 Å². The number of nitrogens with zero attached hydrogens (tertiary/aromatic N) is 3. The molecule has 5 N–H and O–H groups in total. The van der Waals surface area contributed by atoms with Crippen LogP contribution in [0.15, 0.2) is 134 Å². The van der Waals surface area contributed by atoms with Gasteiger partial charge in [0, 0.05) is 53.0 Å². The molecule has 7 rings (SSSR count). The van der Waals surface area contributed by atoms with Crippen LogP contribution in [0.1, 0.15) is 76.6 Å². The fourth-order valence-corrected chi connectivity index (χ4v) is 6.53. The minimum Gasteiger partial charge on any atom is -0.481 e. The first kappa shape index (κ1) is 45.5. The van der Waals surface area contributed by atoms with Crippen LogP contribution in [0.3, 0.4) is 0 Å². The van der Waals surface area contributed by atoms with Crippen molar-refractivity contribution in [3.63, 3.8) is 0 Å². The Kier molecular flexibility index (Phi) is 18.9. The van der Waals surface area contributed by atoms with E-state index in [-0.39, 0.29) is 18.2 Å². The number of hydroxylamine groups is 2. The Bertz CT molecular complexity index is 2240. The van der Waals surface area contributed by atoms with E-state index in [9.17, 15) is 14.4 Å². The third kappa shape index (κ3) is 14.0. The molecule has 0 saturated carbocycles. The molecule has 1 fully saturated rings. The van der Waals surface area contributed by atoms with Gasteiger partial charge in [-0.1, -0.05) is 155 Å². The molecular weight excluding hydrogens is 739 g/mol. The van der Waals surface area contributed by atoms with Crippen LogP contribution >= 0.6 is 0 Å². The minimum absolute atomic E-state index is 0.0380. The summed E-state index contributed by atoms with van der Waals surface area (Å²) in [4.78, 5) is 42.7. The van der Waals surface area contributed by atoms with Crippen molar-refractivity contribution < 1.29 is 24.7 Å². The number of carboxylic acids is 1. The van der Waals surface area contributed by atoms with Gasteiger partial charge in [0.1, 0.15) is 0 Å². The number of unbranched alkanes of at least 4 members (excludes halogenated alkanes) is 4. The lowest BCUT2D eigenvalue weighted by Gasteiger charge is -2.13. The normalized spacial score (nSPS) is 11.8. The number of fused-ring (bicyclic) bond motifs is 2. The lowest BCUT2D eigenvalue weighted by atomic mass is 9.96. The van der Waals surface area contributed by atoms with Crippen molar-refractivity contribution in [2.75, 3.05) is 13.1 Å². The second-order valence-corrected chi connectivity index (χ2v) is 14.1. The molecule has 0 atom stereocenters. The zero-order valence-corrected chi connectivity index (χ0v) is 34.3. The Balaban J connectivity index is 0.000000200. The van der Waals surface area contributed by atoms with Gasteiger partial charge in [-0.2, -0.15) is 5.06 Å². The van der Waals surface area contributed by atoms with E-state index < -0.39 is 5.97 Å². The molecule has 0 unspecified atom stereocenters. The smallest absolute Gasteiger partial charge is 0.309 e. The first-order valence-corrected chi connectivity index (χ1v) is 20.4. The number of carboxylic acid groups (broad SMARTS) is 1. The molecule has 4 aromatic carbocycles. The van der Waals surface area contributed by atoms with E-state index in [0.29, 0.717) is 35.7 Å². The largest absolute Gasteiger partial charge is 0.481 e. The van der Waals surface area contributed by atoms with E-state index in [1.54, 1.807) is 6.20 Å². The molecule has 6 aromatic rings. The van der Waals surface area contributed by atoms with E-state index in [2.05, 4.69) is 60.0 Å². The highest BCUT2D eigenvalue weighted by atomic mass is 16.5. The second kappa shape index (κ2) is 24.5. The Labute approximate surface area is 347 Å². The number of nitrogens with one attached hydrogen (secondary N) is 1. The molecule has 10 nitrogen and oxygen atoms in total. The molecule has 1 saturated heterocycles. The number of amides is 2. The van der Waals surface area contributed by atoms with Gasteiger partial charge in [-0.3, -0.25) is 29.6 Å². The van der Waals surface area contributed by atoms with Gasteiger partial charge < -0.3 is 16.2 Å². The van der Waals surface area contributed by atoms with Gasteiger partial charge in [0.05, 0.1) is 24.2 Å². The number of allylic oxidation sites excluding steroid dienone is 1. The molecule has 0 aliphatic carbocycles. The van der Waals surface area contributed by atoms with Crippen LogP contribution < -0.4 is 11.1 Å². The maximum absolute atomic E-state index is 12.3. The van der Waals surface area contributed by atoms with Gasteiger partial charge in [0.25, 0.3) is 5.91 Å². The fraction of sp³-hybridized carbons (Fsp3) is 0.286. The van der Waals surface area contributed by atoms with E-state index in [0.717, 1.165) is 81.8 Å². The summed E-state index contributed by atoms with van der Waals surface area (Å²) >= 11 is 0. The maximum Gasteiger partial charge on any atom is 0.309 e. The third-order valence-corrected chi connectivity index (χ3v) is 9.60. The Hall–Kier alpha value is -6.23. The van der Waals surface area contributed by atoms with Crippen molar-refractivity contribution in [1.29, 1.82) is 0 Å². The molecule has 2 aromatic heterocycles. The van der Waals surface area contributed by atoms with Crippen LogP contribution in [0.2, 0.25) is 0 Å². The number of benzene rings is 4. The molecular formula is C49H57N5O5. The number of hydrogen-bond acceptors (Lipinski definition) is 7. The number of aliphatic carboxylic acids is 1. The molecule has 0 bridgehead atoms. The second-order valence-electron chi connectivity index (χ2n) is 14.1.